The first-order chi connectivity index (χ1) is 27.2. The highest BCUT2D eigenvalue weighted by atomic mass is 19.1. The molecule has 57 heavy (non-hydrogen) atoms. The normalized spacial score (nSPS) is 14.2. The lowest BCUT2D eigenvalue weighted by molar-refractivity contribution is 0.00532. The first-order valence-corrected chi connectivity index (χ1v) is 18.1. The minimum atomic E-state index is -0.572. The fraction of sp³-hybridized carbons (Fsp3) is 0.244. The Morgan fingerprint density at radius 2 is 1.21 bits per heavy atom. The second-order valence-corrected chi connectivity index (χ2v) is 14.7. The van der Waals surface area contributed by atoms with Crippen LogP contribution in [-0.2, 0) is 4.74 Å². The smallest absolute Gasteiger partial charge is 0.410 e. The van der Waals surface area contributed by atoms with Crippen molar-refractivity contribution in [1.82, 2.24) is 40.8 Å². The molecule has 14 nitrogen and oxygen atoms in total. The topological polar surface area (TPSA) is 203 Å². The average molecular weight is 775 g/mol. The van der Waals surface area contributed by atoms with Crippen molar-refractivity contribution in [1.29, 1.82) is 0 Å². The first-order valence-electron chi connectivity index (χ1n) is 18.1. The lowest BCUT2D eigenvalue weighted by atomic mass is 10.1. The quantitative estimate of drug-likeness (QED) is 0.151. The van der Waals surface area contributed by atoms with Gasteiger partial charge in [0.2, 0.25) is 0 Å². The van der Waals surface area contributed by atoms with Gasteiger partial charge in [-0.2, -0.15) is 0 Å². The number of anilines is 2. The Bertz CT molecular complexity index is 2520. The molecule has 0 unspecified atom stereocenters. The number of nitrogen functional groups attached to an aromatic ring is 2. The Balaban J connectivity index is 0.000000179. The number of nitrogens with one attached hydrogen (secondary N) is 3. The number of hydrogen-bond acceptors (Lipinski definition) is 11. The predicted molar refractivity (Wildman–Crippen MR) is 212 cm³/mol. The van der Waals surface area contributed by atoms with Gasteiger partial charge in [-0.05, 0) is 69.3 Å². The van der Waals surface area contributed by atoms with Crippen molar-refractivity contribution in [2.24, 2.45) is 0 Å². The van der Waals surface area contributed by atoms with Gasteiger partial charge in [-0.15, -0.1) is 0 Å². The Kier molecular flexibility index (Phi) is 10.6. The van der Waals surface area contributed by atoms with Crippen molar-refractivity contribution < 1.29 is 27.9 Å². The molecule has 6 heterocycles. The van der Waals surface area contributed by atoms with Crippen LogP contribution in [0.4, 0.5) is 25.2 Å². The molecule has 0 bridgehead atoms. The monoisotopic (exact) mass is 774 g/mol. The molecule has 292 valence electrons. The third-order valence-electron chi connectivity index (χ3n) is 9.24. The molecule has 6 aromatic rings. The minimum absolute atomic E-state index is 0.125. The van der Waals surface area contributed by atoms with Gasteiger partial charge in [-0.1, -0.05) is 24.3 Å². The highest BCUT2D eigenvalue weighted by molar-refractivity contribution is 6.09. The maximum absolute atomic E-state index is 13.6. The summed E-state index contributed by atoms with van der Waals surface area (Å²) in [6.07, 6.45) is 2.46. The number of ether oxygens (including phenoxy) is 1. The van der Waals surface area contributed by atoms with Crippen LogP contribution in [0.2, 0.25) is 0 Å². The summed E-state index contributed by atoms with van der Waals surface area (Å²) in [6.45, 7) is 7.65. The molecule has 2 aliphatic heterocycles. The van der Waals surface area contributed by atoms with E-state index in [2.05, 4.69) is 35.9 Å². The summed E-state index contributed by atoms with van der Waals surface area (Å²) in [5.74, 6) is -0.845. The van der Waals surface area contributed by atoms with Crippen LogP contribution < -0.4 is 27.4 Å². The number of hydrogen-bond donors (Lipinski definition) is 5. The highest BCUT2D eigenvalue weighted by Gasteiger charge is 2.35. The summed E-state index contributed by atoms with van der Waals surface area (Å²) in [4.78, 5) is 56.2. The summed E-state index contributed by atoms with van der Waals surface area (Å²) >= 11 is 0. The van der Waals surface area contributed by atoms with E-state index in [-0.39, 0.29) is 47.2 Å². The molecule has 2 saturated heterocycles. The van der Waals surface area contributed by atoms with Gasteiger partial charge in [0.1, 0.15) is 39.9 Å². The Morgan fingerprint density at radius 1 is 0.737 bits per heavy atom. The van der Waals surface area contributed by atoms with Gasteiger partial charge in [0.15, 0.2) is 0 Å². The number of likely N-dealkylation sites (tertiary alicyclic amines) is 1. The fourth-order valence-electron chi connectivity index (χ4n) is 6.21. The summed E-state index contributed by atoms with van der Waals surface area (Å²) < 4.78 is 32.4. The molecule has 0 radical (unpaired) electrons. The third kappa shape index (κ3) is 8.70. The number of carbonyl (C=O) groups excluding carboxylic acids is 3. The van der Waals surface area contributed by atoms with E-state index >= 15 is 0 Å². The van der Waals surface area contributed by atoms with E-state index in [9.17, 15) is 23.2 Å². The molecular formula is C41H40F2N10O4. The number of halogens is 2. The van der Waals surface area contributed by atoms with Crippen LogP contribution in [0.1, 0.15) is 41.5 Å². The standard InChI is InChI=1S/C23H24FN5O3.C18H16FN5O/c1-23(2,3)32-22(31)29-11-15(12-29)27-21(30)17-10-26-20(25)19-16(17)7-8-18(28-19)13-5-4-6-14(24)9-13;19-11-3-1-2-10(6-11)15-5-4-13-14(9-22-17(20)16(13)24-15)18(25)23-12-7-21-8-12/h4-10,15H,11-12H2,1-3H3,(H2,25,26)(H,27,30);1-6,9,12,21H,7-8H2,(H2,20,22)(H,23,25). The van der Waals surface area contributed by atoms with Crippen molar-refractivity contribution in [2.75, 3.05) is 37.6 Å². The number of nitrogens with two attached hydrogens (primary N) is 2. The molecule has 16 heteroatoms. The van der Waals surface area contributed by atoms with E-state index < -0.39 is 11.7 Å². The molecule has 2 fully saturated rings. The number of carbonyl (C=O) groups is 3. The summed E-state index contributed by atoms with van der Waals surface area (Å²) in [5, 5.41) is 10.1. The Hall–Kier alpha value is -6.81. The van der Waals surface area contributed by atoms with Gasteiger partial charge in [-0.3, -0.25) is 9.59 Å². The Labute approximate surface area is 326 Å². The molecule has 0 aliphatic carbocycles. The number of benzene rings is 2. The number of fused-ring (bicyclic) bond motifs is 2. The van der Waals surface area contributed by atoms with Crippen molar-refractivity contribution in [3.8, 4) is 22.5 Å². The van der Waals surface area contributed by atoms with Gasteiger partial charge in [0.05, 0.1) is 34.6 Å². The highest BCUT2D eigenvalue weighted by Crippen LogP contribution is 2.28. The summed E-state index contributed by atoms with van der Waals surface area (Å²) in [7, 11) is 0. The molecule has 0 saturated carbocycles. The van der Waals surface area contributed by atoms with E-state index in [1.165, 1.54) is 41.6 Å². The number of aromatic nitrogens is 4. The van der Waals surface area contributed by atoms with Crippen molar-refractivity contribution in [3.63, 3.8) is 0 Å². The van der Waals surface area contributed by atoms with E-state index in [1.807, 2.05) is 0 Å². The zero-order valence-electron chi connectivity index (χ0n) is 31.3. The number of nitrogens with zero attached hydrogens (tertiary/aromatic N) is 5. The molecule has 0 atom stereocenters. The minimum Gasteiger partial charge on any atom is -0.444 e. The van der Waals surface area contributed by atoms with Crippen LogP contribution in [0.15, 0.2) is 85.2 Å². The van der Waals surface area contributed by atoms with Crippen molar-refractivity contribution >= 4 is 51.3 Å². The van der Waals surface area contributed by atoms with Crippen LogP contribution in [0.25, 0.3) is 44.3 Å². The summed E-state index contributed by atoms with van der Waals surface area (Å²) in [6, 6.07) is 19.1. The number of rotatable bonds is 6. The van der Waals surface area contributed by atoms with E-state index in [0.717, 1.165) is 13.1 Å². The van der Waals surface area contributed by atoms with Crippen LogP contribution in [0.3, 0.4) is 0 Å². The Morgan fingerprint density at radius 3 is 1.63 bits per heavy atom. The lowest BCUT2D eigenvalue weighted by Gasteiger charge is -2.39. The van der Waals surface area contributed by atoms with Gasteiger partial charge in [-0.25, -0.2) is 33.5 Å². The third-order valence-corrected chi connectivity index (χ3v) is 9.24. The van der Waals surface area contributed by atoms with Gasteiger partial charge in [0, 0.05) is 60.5 Å². The molecule has 7 N–H and O–H groups in total. The van der Waals surface area contributed by atoms with Crippen LogP contribution in [0.5, 0.6) is 0 Å². The molecule has 2 aliphatic rings. The number of pyridine rings is 4. The summed E-state index contributed by atoms with van der Waals surface area (Å²) in [5.41, 5.74) is 15.3. The molecule has 4 aromatic heterocycles. The van der Waals surface area contributed by atoms with E-state index in [4.69, 9.17) is 16.2 Å². The zero-order valence-corrected chi connectivity index (χ0v) is 31.3. The van der Waals surface area contributed by atoms with Crippen molar-refractivity contribution in [2.45, 2.75) is 38.5 Å². The van der Waals surface area contributed by atoms with Crippen LogP contribution in [0, 0.1) is 11.6 Å². The van der Waals surface area contributed by atoms with Crippen LogP contribution in [-0.4, -0.2) is 86.6 Å². The zero-order chi connectivity index (χ0) is 40.4. The second kappa shape index (κ2) is 15.7. The lowest BCUT2D eigenvalue weighted by Crippen LogP contribution is -2.61. The maximum atomic E-state index is 13.6. The number of amides is 3. The first kappa shape index (κ1) is 38.5. The molecule has 3 amide bonds. The largest absolute Gasteiger partial charge is 0.444 e. The SMILES string of the molecule is CC(C)(C)OC(=O)N1CC(NC(=O)c2cnc(N)c3nc(-c4cccc(F)c4)ccc23)C1.Nc1ncc(C(=O)NC2CNC2)c2ccc(-c3cccc(F)c3)nc12. The van der Waals surface area contributed by atoms with Gasteiger partial charge in [0.25, 0.3) is 11.8 Å². The fourth-order valence-corrected chi connectivity index (χ4v) is 6.21. The van der Waals surface area contributed by atoms with Gasteiger partial charge >= 0.3 is 6.09 Å². The molecule has 8 rings (SSSR count). The predicted octanol–water partition coefficient (Wildman–Crippen LogP) is 5.09. The van der Waals surface area contributed by atoms with Crippen LogP contribution >= 0.6 is 0 Å². The van der Waals surface area contributed by atoms with Gasteiger partial charge < -0.3 is 37.1 Å². The van der Waals surface area contributed by atoms with E-state index in [0.29, 0.717) is 68.5 Å². The van der Waals surface area contributed by atoms with Crippen molar-refractivity contribution in [3.05, 3.63) is 108 Å². The average Bonchev–Trinajstić information content (AvgIpc) is 3.14. The molecule has 0 spiro atoms. The van der Waals surface area contributed by atoms with E-state index in [1.54, 1.807) is 69.3 Å². The maximum Gasteiger partial charge on any atom is 0.410 e. The second-order valence-electron chi connectivity index (χ2n) is 14.7. The molecular weight excluding hydrogens is 735 g/mol. The molecule has 2 aromatic carbocycles.